The van der Waals surface area contributed by atoms with Crippen molar-refractivity contribution >= 4 is 65.9 Å². The van der Waals surface area contributed by atoms with Gasteiger partial charge in [-0.2, -0.15) is 0 Å². The van der Waals surface area contributed by atoms with Crippen molar-refractivity contribution < 1.29 is 13.9 Å². The summed E-state index contributed by atoms with van der Waals surface area (Å²) < 4.78 is 21.3. The van der Waals surface area contributed by atoms with Crippen LogP contribution in [0, 0.1) is 5.82 Å². The lowest BCUT2D eigenvalue weighted by atomic mass is 10.3. The molecule has 5 nitrogen and oxygen atoms in total. The predicted molar refractivity (Wildman–Crippen MR) is 105 cm³/mol. The molecule has 0 aliphatic rings. The summed E-state index contributed by atoms with van der Waals surface area (Å²) in [7, 11) is 0. The molecular weight excluding hydrogens is 393 g/mol. The molecule has 4 rings (SSSR count). The number of nitrogens with one attached hydrogen (secondary N) is 1. The van der Waals surface area contributed by atoms with E-state index in [-0.39, 0.29) is 18.3 Å². The number of anilines is 1. The normalized spacial score (nSPS) is 11.2. The van der Waals surface area contributed by atoms with Crippen LogP contribution in [0.25, 0.3) is 20.4 Å². The second-order valence-corrected chi connectivity index (χ2v) is 8.31. The highest BCUT2D eigenvalue weighted by Gasteiger charge is 2.13. The van der Waals surface area contributed by atoms with Crippen molar-refractivity contribution in [1.29, 1.82) is 0 Å². The zero-order valence-corrected chi connectivity index (χ0v) is 15.9. The summed E-state index contributed by atoms with van der Waals surface area (Å²) in [6, 6.07) is 9.36. The molecular formula is C17H12FN3O2S3. The fraction of sp³-hybridized carbons (Fsp3) is 0.118. The van der Waals surface area contributed by atoms with Crippen molar-refractivity contribution in [3.63, 3.8) is 0 Å². The molecule has 2 aromatic carbocycles. The van der Waals surface area contributed by atoms with Crippen molar-refractivity contribution in [3.8, 4) is 5.75 Å². The van der Waals surface area contributed by atoms with E-state index in [4.69, 9.17) is 4.74 Å². The van der Waals surface area contributed by atoms with Gasteiger partial charge in [0.05, 0.1) is 20.4 Å². The van der Waals surface area contributed by atoms with Gasteiger partial charge in [-0.25, -0.2) is 14.4 Å². The minimum absolute atomic E-state index is 0.172. The molecule has 0 spiro atoms. The lowest BCUT2D eigenvalue weighted by molar-refractivity contribution is -0.118. The van der Waals surface area contributed by atoms with Gasteiger partial charge in [0.2, 0.25) is 0 Å². The molecule has 0 aliphatic carbocycles. The minimum Gasteiger partial charge on any atom is -0.484 e. The van der Waals surface area contributed by atoms with E-state index in [2.05, 4.69) is 15.3 Å². The van der Waals surface area contributed by atoms with Crippen molar-refractivity contribution in [1.82, 2.24) is 9.97 Å². The van der Waals surface area contributed by atoms with Crippen LogP contribution in [0.5, 0.6) is 5.75 Å². The van der Waals surface area contributed by atoms with Crippen LogP contribution in [-0.2, 0) is 4.79 Å². The highest BCUT2D eigenvalue weighted by molar-refractivity contribution is 8.00. The third kappa shape index (κ3) is 3.50. The number of thioether (sulfide) groups is 1. The summed E-state index contributed by atoms with van der Waals surface area (Å²) >= 11 is 4.65. The first kappa shape index (κ1) is 17.2. The lowest BCUT2D eigenvalue weighted by Gasteiger charge is -2.05. The fourth-order valence-corrected chi connectivity index (χ4v) is 5.00. The Morgan fingerprint density at radius 3 is 2.54 bits per heavy atom. The Balaban J connectivity index is 1.49. The molecule has 0 bridgehead atoms. The number of halogens is 1. The third-order valence-corrected chi connectivity index (χ3v) is 6.70. The lowest BCUT2D eigenvalue weighted by Crippen LogP contribution is -2.19. The number of hydrogen-bond acceptors (Lipinski definition) is 7. The quantitative estimate of drug-likeness (QED) is 0.484. The molecule has 0 saturated carbocycles. The average molecular weight is 406 g/mol. The van der Waals surface area contributed by atoms with Gasteiger partial charge in [0.15, 0.2) is 16.1 Å². The van der Waals surface area contributed by atoms with Gasteiger partial charge in [-0.1, -0.05) is 23.1 Å². The largest absolute Gasteiger partial charge is 0.484 e. The number of hydrogen-bond donors (Lipinski definition) is 1. The van der Waals surface area contributed by atoms with Gasteiger partial charge in [0.1, 0.15) is 11.6 Å². The standard InChI is InChI=1S/C17H12FN3O2S3/c1-24-17-20-12-7-6-11-14(15(12)26-17)25-16(19-11)21-13(22)8-23-10-4-2-9(18)3-5-10/h2-7H,8H2,1H3,(H,19,21,22). The van der Waals surface area contributed by atoms with Crippen molar-refractivity contribution in [2.45, 2.75) is 4.34 Å². The van der Waals surface area contributed by atoms with E-state index in [0.29, 0.717) is 10.9 Å². The van der Waals surface area contributed by atoms with Crippen LogP contribution in [-0.4, -0.2) is 28.7 Å². The van der Waals surface area contributed by atoms with Gasteiger partial charge < -0.3 is 4.74 Å². The number of thiazole rings is 2. The SMILES string of the molecule is CSc1nc2ccc3nc(NC(=O)COc4ccc(F)cc4)sc3c2s1. The molecule has 26 heavy (non-hydrogen) atoms. The Kier molecular flexibility index (Phi) is 4.75. The van der Waals surface area contributed by atoms with Gasteiger partial charge in [0.25, 0.3) is 5.91 Å². The molecule has 132 valence electrons. The first-order valence-electron chi connectivity index (χ1n) is 7.54. The number of rotatable bonds is 5. The molecule has 0 unspecified atom stereocenters. The van der Waals surface area contributed by atoms with Gasteiger partial charge >= 0.3 is 0 Å². The van der Waals surface area contributed by atoms with E-state index >= 15 is 0 Å². The smallest absolute Gasteiger partial charge is 0.264 e. The Labute approximate surface area is 160 Å². The summed E-state index contributed by atoms with van der Waals surface area (Å²) in [5.74, 6) is -0.240. The maximum absolute atomic E-state index is 12.9. The van der Waals surface area contributed by atoms with E-state index < -0.39 is 0 Å². The number of carbonyl (C=O) groups is 1. The number of benzene rings is 2. The highest BCUT2D eigenvalue weighted by atomic mass is 32.2. The molecule has 1 amide bonds. The Hall–Kier alpha value is -2.23. The zero-order chi connectivity index (χ0) is 18.1. The average Bonchev–Trinajstić information content (AvgIpc) is 3.23. The molecule has 0 atom stereocenters. The number of nitrogens with zero attached hydrogens (tertiary/aromatic N) is 2. The van der Waals surface area contributed by atoms with Crippen LogP contribution in [0.1, 0.15) is 0 Å². The predicted octanol–water partition coefficient (Wildman–Crippen LogP) is 4.78. The molecule has 1 N–H and O–H groups in total. The number of amides is 1. The molecule has 0 fully saturated rings. The zero-order valence-electron chi connectivity index (χ0n) is 13.5. The van der Waals surface area contributed by atoms with E-state index in [0.717, 1.165) is 24.8 Å². The summed E-state index contributed by atoms with van der Waals surface area (Å²) in [5.41, 5.74) is 1.77. The first-order valence-corrected chi connectivity index (χ1v) is 10.4. The van der Waals surface area contributed by atoms with Crippen LogP contribution >= 0.6 is 34.4 Å². The number of carbonyl (C=O) groups excluding carboxylic acids is 1. The first-order chi connectivity index (χ1) is 12.6. The van der Waals surface area contributed by atoms with Gasteiger partial charge in [-0.3, -0.25) is 10.1 Å². The summed E-state index contributed by atoms with van der Waals surface area (Å²) in [4.78, 5) is 21.1. The van der Waals surface area contributed by atoms with Crippen molar-refractivity contribution in [3.05, 3.63) is 42.2 Å². The molecule has 0 aliphatic heterocycles. The monoisotopic (exact) mass is 405 g/mol. The Morgan fingerprint density at radius 2 is 1.81 bits per heavy atom. The number of ether oxygens (including phenoxy) is 1. The third-order valence-electron chi connectivity index (χ3n) is 3.50. The Bertz CT molecular complexity index is 1090. The summed E-state index contributed by atoms with van der Waals surface area (Å²) in [6.07, 6.45) is 1.99. The second kappa shape index (κ2) is 7.18. The van der Waals surface area contributed by atoms with Crippen LogP contribution in [0.3, 0.4) is 0 Å². The maximum atomic E-state index is 12.9. The molecule has 2 heterocycles. The van der Waals surface area contributed by atoms with Gasteiger partial charge in [-0.05, 0) is 42.7 Å². The van der Waals surface area contributed by atoms with Crippen LogP contribution in [0.4, 0.5) is 9.52 Å². The van der Waals surface area contributed by atoms with E-state index in [1.165, 1.54) is 35.6 Å². The van der Waals surface area contributed by atoms with Crippen LogP contribution in [0.15, 0.2) is 40.7 Å². The highest BCUT2D eigenvalue weighted by Crippen LogP contribution is 2.37. The number of aromatic nitrogens is 2. The summed E-state index contributed by atoms with van der Waals surface area (Å²) in [5, 5.41) is 3.26. The molecule has 2 aromatic heterocycles. The van der Waals surface area contributed by atoms with Gasteiger partial charge in [0, 0.05) is 0 Å². The van der Waals surface area contributed by atoms with Crippen molar-refractivity contribution in [2.24, 2.45) is 0 Å². The van der Waals surface area contributed by atoms with E-state index in [1.807, 2.05) is 18.4 Å². The van der Waals surface area contributed by atoms with E-state index in [9.17, 15) is 9.18 Å². The molecule has 4 aromatic rings. The van der Waals surface area contributed by atoms with Crippen LogP contribution in [0.2, 0.25) is 0 Å². The second-order valence-electron chi connectivity index (χ2n) is 5.26. The molecule has 9 heteroatoms. The maximum Gasteiger partial charge on any atom is 0.264 e. The summed E-state index contributed by atoms with van der Waals surface area (Å²) in [6.45, 7) is -0.172. The van der Waals surface area contributed by atoms with E-state index in [1.54, 1.807) is 23.1 Å². The molecule has 0 saturated heterocycles. The fourth-order valence-electron chi connectivity index (χ4n) is 2.33. The van der Waals surface area contributed by atoms with Crippen LogP contribution < -0.4 is 10.1 Å². The van der Waals surface area contributed by atoms with Gasteiger partial charge in [-0.15, -0.1) is 11.3 Å². The Morgan fingerprint density at radius 1 is 1.12 bits per heavy atom. The minimum atomic E-state index is -0.352. The molecule has 0 radical (unpaired) electrons. The van der Waals surface area contributed by atoms with Crippen molar-refractivity contribution in [2.75, 3.05) is 18.2 Å². The topological polar surface area (TPSA) is 64.1 Å². The number of fused-ring (bicyclic) bond motifs is 3.